The number of fused-ring (bicyclic) bond motifs is 1. The number of aliphatic carboxylic acids is 1. The number of carboxylic acids is 1. The van der Waals surface area contributed by atoms with Gasteiger partial charge in [0.1, 0.15) is 0 Å². The van der Waals surface area contributed by atoms with E-state index in [0.29, 0.717) is 31.6 Å². The number of hydrogen-bond acceptors (Lipinski definition) is 4. The van der Waals surface area contributed by atoms with E-state index >= 15 is 0 Å². The van der Waals surface area contributed by atoms with Gasteiger partial charge in [-0.1, -0.05) is 26.3 Å². The lowest BCUT2D eigenvalue weighted by Crippen LogP contribution is -2.35. The topological polar surface area (TPSA) is 59.0 Å². The van der Waals surface area contributed by atoms with Gasteiger partial charge in [0.15, 0.2) is 11.5 Å². The van der Waals surface area contributed by atoms with Gasteiger partial charge >= 0.3 is 5.97 Å². The number of hydrogen-bond donors (Lipinski definition) is 1. The zero-order chi connectivity index (χ0) is 18.7. The Bertz CT molecular complexity index is 645. The van der Waals surface area contributed by atoms with E-state index < -0.39 is 11.4 Å². The average Bonchev–Trinajstić information content (AvgIpc) is 3.12. The van der Waals surface area contributed by atoms with Crippen molar-refractivity contribution in [1.82, 2.24) is 4.90 Å². The fourth-order valence-electron chi connectivity index (χ4n) is 4.42. The zero-order valence-corrected chi connectivity index (χ0v) is 16.2. The molecule has 5 heteroatoms. The molecule has 2 atom stereocenters. The highest BCUT2D eigenvalue weighted by Gasteiger charge is 2.54. The highest BCUT2D eigenvalue weighted by Crippen LogP contribution is 2.49. The summed E-state index contributed by atoms with van der Waals surface area (Å²) in [6.45, 7) is 9.76. The third kappa shape index (κ3) is 3.83. The van der Waals surface area contributed by atoms with E-state index in [9.17, 15) is 9.90 Å². The molecule has 0 aromatic heterocycles. The second kappa shape index (κ2) is 7.87. The van der Waals surface area contributed by atoms with Crippen LogP contribution in [-0.2, 0) is 11.3 Å². The number of rotatable bonds is 8. The molecule has 1 aliphatic heterocycles. The molecule has 0 amide bonds. The summed E-state index contributed by atoms with van der Waals surface area (Å²) < 4.78 is 11.6. The molecule has 1 saturated carbocycles. The van der Waals surface area contributed by atoms with Crippen molar-refractivity contribution < 1.29 is 19.4 Å². The van der Waals surface area contributed by atoms with Crippen LogP contribution >= 0.6 is 0 Å². The number of carbonyl (C=O) groups is 1. The third-order valence-corrected chi connectivity index (χ3v) is 5.65. The fraction of sp³-hybridized carbons (Fsp3) is 0.667. The van der Waals surface area contributed by atoms with Crippen molar-refractivity contribution in [2.45, 2.75) is 46.6 Å². The molecule has 2 aliphatic rings. The van der Waals surface area contributed by atoms with E-state index in [2.05, 4.69) is 24.8 Å². The van der Waals surface area contributed by atoms with Gasteiger partial charge in [-0.15, -0.1) is 0 Å². The van der Waals surface area contributed by atoms with Gasteiger partial charge in [0.25, 0.3) is 0 Å². The molecular weight excluding hydrogens is 330 g/mol. The van der Waals surface area contributed by atoms with E-state index in [4.69, 9.17) is 9.47 Å². The van der Waals surface area contributed by atoms with Gasteiger partial charge in [0.2, 0.25) is 0 Å². The summed E-state index contributed by atoms with van der Waals surface area (Å²) in [6.07, 6.45) is 2.89. The summed E-state index contributed by atoms with van der Waals surface area (Å²) in [6, 6.07) is 6.09. The molecule has 144 valence electrons. The summed E-state index contributed by atoms with van der Waals surface area (Å²) in [4.78, 5) is 14.1. The number of benzene rings is 1. The van der Waals surface area contributed by atoms with Gasteiger partial charge in [0.05, 0.1) is 18.6 Å². The van der Waals surface area contributed by atoms with E-state index in [1.807, 2.05) is 19.1 Å². The van der Waals surface area contributed by atoms with Crippen LogP contribution in [0.5, 0.6) is 11.5 Å². The Labute approximate surface area is 156 Å². The molecule has 0 radical (unpaired) electrons. The summed E-state index contributed by atoms with van der Waals surface area (Å²) in [5, 5.41) is 9.75. The van der Waals surface area contributed by atoms with E-state index in [1.165, 1.54) is 0 Å². The molecule has 1 aromatic carbocycles. The molecular formula is C21H31NO4. The molecule has 1 aliphatic carbocycles. The molecule has 1 aromatic rings. The van der Waals surface area contributed by atoms with Crippen LogP contribution in [0.15, 0.2) is 18.2 Å². The maximum absolute atomic E-state index is 11.9. The monoisotopic (exact) mass is 361 g/mol. The predicted octanol–water partition coefficient (Wildman–Crippen LogP) is 3.81. The Morgan fingerprint density at radius 1 is 1.35 bits per heavy atom. The molecule has 0 spiro atoms. The van der Waals surface area contributed by atoms with Crippen molar-refractivity contribution in [3.63, 3.8) is 0 Å². The molecule has 1 saturated heterocycles. The Morgan fingerprint density at radius 3 is 2.81 bits per heavy atom. The Kier molecular flexibility index (Phi) is 5.76. The standard InChI is InChI=1S/C21H31NO4/c1-4-25-19-10-16(7-8-18(19)26-13-15(2)3)11-22-12-17-6-5-9-21(17,14-22)20(23)24/h7-8,10,15,17H,4-6,9,11-14H2,1-3H3,(H,23,24)/t17-,21+/m0/s1. The van der Waals surface area contributed by atoms with Crippen molar-refractivity contribution in [1.29, 1.82) is 0 Å². The third-order valence-electron chi connectivity index (χ3n) is 5.65. The SMILES string of the molecule is CCOc1cc(CN2C[C@@H]3CCC[C@@]3(C(=O)O)C2)ccc1OCC(C)C. The van der Waals surface area contributed by atoms with Crippen molar-refractivity contribution in [3.8, 4) is 11.5 Å². The first-order valence-electron chi connectivity index (χ1n) is 9.79. The summed E-state index contributed by atoms with van der Waals surface area (Å²) in [5.74, 6) is 1.69. The average molecular weight is 361 g/mol. The minimum absolute atomic E-state index is 0.292. The van der Waals surface area contributed by atoms with Crippen LogP contribution in [0.3, 0.4) is 0 Å². The highest BCUT2D eigenvalue weighted by atomic mass is 16.5. The van der Waals surface area contributed by atoms with E-state index in [-0.39, 0.29) is 0 Å². The van der Waals surface area contributed by atoms with Crippen LogP contribution < -0.4 is 9.47 Å². The Morgan fingerprint density at radius 2 is 2.15 bits per heavy atom. The van der Waals surface area contributed by atoms with Crippen molar-refractivity contribution in [3.05, 3.63) is 23.8 Å². The molecule has 2 fully saturated rings. The van der Waals surface area contributed by atoms with Crippen molar-refractivity contribution in [2.75, 3.05) is 26.3 Å². The number of ether oxygens (including phenoxy) is 2. The van der Waals surface area contributed by atoms with E-state index in [1.54, 1.807) is 0 Å². The first-order valence-corrected chi connectivity index (χ1v) is 9.79. The van der Waals surface area contributed by atoms with Gasteiger partial charge < -0.3 is 14.6 Å². The quantitative estimate of drug-likeness (QED) is 0.763. The van der Waals surface area contributed by atoms with Gasteiger partial charge in [0, 0.05) is 19.6 Å². The molecule has 3 rings (SSSR count). The predicted molar refractivity (Wildman–Crippen MR) is 101 cm³/mol. The summed E-state index contributed by atoms with van der Waals surface area (Å²) in [5.41, 5.74) is 0.620. The second-order valence-electron chi connectivity index (χ2n) is 8.14. The molecule has 1 heterocycles. The van der Waals surface area contributed by atoms with Gasteiger partial charge in [-0.3, -0.25) is 9.69 Å². The largest absolute Gasteiger partial charge is 0.490 e. The summed E-state index contributed by atoms with van der Waals surface area (Å²) >= 11 is 0. The van der Waals surface area contributed by atoms with Crippen molar-refractivity contribution in [2.24, 2.45) is 17.3 Å². The first kappa shape index (κ1) is 19.0. The van der Waals surface area contributed by atoms with Crippen molar-refractivity contribution >= 4 is 5.97 Å². The molecule has 1 N–H and O–H groups in total. The zero-order valence-electron chi connectivity index (χ0n) is 16.2. The lowest BCUT2D eigenvalue weighted by Gasteiger charge is -2.23. The maximum atomic E-state index is 11.9. The molecule has 0 bridgehead atoms. The summed E-state index contributed by atoms with van der Waals surface area (Å²) in [7, 11) is 0. The van der Waals surface area contributed by atoms with Crippen LogP contribution in [0.25, 0.3) is 0 Å². The van der Waals surface area contributed by atoms with Crippen LogP contribution in [-0.4, -0.2) is 42.3 Å². The molecule has 26 heavy (non-hydrogen) atoms. The lowest BCUT2D eigenvalue weighted by molar-refractivity contribution is -0.149. The number of nitrogens with zero attached hydrogens (tertiary/aromatic N) is 1. The van der Waals surface area contributed by atoms with Crippen LogP contribution in [0.4, 0.5) is 0 Å². The second-order valence-corrected chi connectivity index (χ2v) is 8.14. The first-order chi connectivity index (χ1) is 12.4. The minimum Gasteiger partial charge on any atom is -0.490 e. The highest BCUT2D eigenvalue weighted by molar-refractivity contribution is 5.76. The maximum Gasteiger partial charge on any atom is 0.311 e. The van der Waals surface area contributed by atoms with Crippen LogP contribution in [0.1, 0.15) is 45.6 Å². The Hall–Kier alpha value is -1.75. The molecule has 5 nitrogen and oxygen atoms in total. The Balaban J connectivity index is 1.70. The smallest absolute Gasteiger partial charge is 0.311 e. The fourth-order valence-corrected chi connectivity index (χ4v) is 4.42. The van der Waals surface area contributed by atoms with Gasteiger partial charge in [-0.25, -0.2) is 0 Å². The minimum atomic E-state index is -0.616. The molecule has 0 unspecified atom stereocenters. The number of carboxylic acid groups (broad SMARTS) is 1. The lowest BCUT2D eigenvalue weighted by atomic mass is 9.81. The van der Waals surface area contributed by atoms with Crippen LogP contribution in [0, 0.1) is 17.3 Å². The van der Waals surface area contributed by atoms with Gasteiger partial charge in [-0.05, 0) is 49.3 Å². The van der Waals surface area contributed by atoms with E-state index in [0.717, 1.165) is 49.4 Å². The van der Waals surface area contributed by atoms with Crippen LogP contribution in [0.2, 0.25) is 0 Å². The van der Waals surface area contributed by atoms with Gasteiger partial charge in [-0.2, -0.15) is 0 Å². The normalized spacial score (nSPS) is 25.5. The number of likely N-dealkylation sites (tertiary alicyclic amines) is 1.